The number of aliphatic carboxylic acids is 1. The van der Waals surface area contributed by atoms with Crippen LogP contribution in [0.25, 0.3) is 11.1 Å². The molecular formula is C26H23FO5. The Morgan fingerprint density at radius 3 is 2.44 bits per heavy atom. The molecule has 0 aromatic heterocycles. The highest BCUT2D eigenvalue weighted by molar-refractivity contribution is 6.00. The summed E-state index contributed by atoms with van der Waals surface area (Å²) in [5, 5.41) is 18.4. The standard InChI is InChI=1S/C26H23FO5/c27-19-7-12-23-24(16-19)32-15-13-22(17-3-8-20(28)9-4-17)26(23)18-5-10-21(11-6-18)31-14-1-2-25(29)30/h3-12,16,28H,1-2,13-15H2,(H,29,30). The topological polar surface area (TPSA) is 76.0 Å². The number of phenolic OH excluding ortho intramolecular Hbond substituents is 1. The van der Waals surface area contributed by atoms with E-state index in [4.69, 9.17) is 14.6 Å². The number of carbonyl (C=O) groups is 1. The van der Waals surface area contributed by atoms with E-state index < -0.39 is 5.97 Å². The average Bonchev–Trinajstić information content (AvgIpc) is 2.97. The molecule has 1 aliphatic rings. The normalized spacial score (nSPS) is 13.2. The first-order chi connectivity index (χ1) is 15.5. The van der Waals surface area contributed by atoms with Crippen LogP contribution in [0.2, 0.25) is 0 Å². The molecule has 0 amide bonds. The van der Waals surface area contributed by atoms with Crippen LogP contribution in [0.15, 0.2) is 66.7 Å². The second-order valence-corrected chi connectivity index (χ2v) is 7.51. The Morgan fingerprint density at radius 1 is 1.00 bits per heavy atom. The molecule has 2 N–H and O–H groups in total. The predicted octanol–water partition coefficient (Wildman–Crippen LogP) is 5.52. The maximum absolute atomic E-state index is 13.9. The van der Waals surface area contributed by atoms with Crippen LogP contribution in [-0.2, 0) is 4.79 Å². The average molecular weight is 434 g/mol. The molecule has 3 aromatic rings. The van der Waals surface area contributed by atoms with Crippen molar-refractivity contribution >= 4 is 17.1 Å². The molecule has 0 radical (unpaired) electrons. The van der Waals surface area contributed by atoms with Crippen LogP contribution in [-0.4, -0.2) is 29.4 Å². The molecular weight excluding hydrogens is 411 g/mol. The van der Waals surface area contributed by atoms with Crippen molar-refractivity contribution < 1.29 is 28.9 Å². The summed E-state index contributed by atoms with van der Waals surface area (Å²) in [5.41, 5.74) is 4.63. The van der Waals surface area contributed by atoms with Crippen molar-refractivity contribution in [2.24, 2.45) is 0 Å². The molecule has 0 unspecified atom stereocenters. The number of benzene rings is 3. The van der Waals surface area contributed by atoms with Gasteiger partial charge in [-0.05, 0) is 65.1 Å². The number of hydrogen-bond acceptors (Lipinski definition) is 4. The van der Waals surface area contributed by atoms with Crippen LogP contribution in [0.1, 0.15) is 36.0 Å². The fourth-order valence-electron chi connectivity index (χ4n) is 3.79. The number of hydrogen-bond donors (Lipinski definition) is 2. The zero-order valence-corrected chi connectivity index (χ0v) is 17.4. The minimum atomic E-state index is -0.844. The van der Waals surface area contributed by atoms with E-state index >= 15 is 0 Å². The van der Waals surface area contributed by atoms with Gasteiger partial charge in [-0.1, -0.05) is 24.3 Å². The van der Waals surface area contributed by atoms with Crippen molar-refractivity contribution in [3.63, 3.8) is 0 Å². The van der Waals surface area contributed by atoms with E-state index in [1.54, 1.807) is 18.2 Å². The summed E-state index contributed by atoms with van der Waals surface area (Å²) in [6.07, 6.45) is 1.11. The van der Waals surface area contributed by atoms with E-state index in [-0.39, 0.29) is 18.0 Å². The van der Waals surface area contributed by atoms with E-state index in [1.807, 2.05) is 36.4 Å². The predicted molar refractivity (Wildman–Crippen MR) is 119 cm³/mol. The minimum Gasteiger partial charge on any atom is -0.508 e. The monoisotopic (exact) mass is 434 g/mol. The molecule has 164 valence electrons. The summed E-state index contributed by atoms with van der Waals surface area (Å²) in [6, 6.07) is 19.1. The van der Waals surface area contributed by atoms with Crippen LogP contribution in [0, 0.1) is 5.82 Å². The molecule has 4 rings (SSSR count). The third-order valence-electron chi connectivity index (χ3n) is 5.29. The van der Waals surface area contributed by atoms with Gasteiger partial charge in [0.05, 0.1) is 13.2 Å². The summed E-state index contributed by atoms with van der Waals surface area (Å²) < 4.78 is 25.4. The number of fused-ring (bicyclic) bond motifs is 1. The molecule has 1 aliphatic heterocycles. The number of rotatable bonds is 7. The lowest BCUT2D eigenvalue weighted by Crippen LogP contribution is -2.02. The SMILES string of the molecule is O=C(O)CCCOc1ccc(C2=C(c3ccc(O)cc3)CCOc3cc(F)ccc32)cc1. The van der Waals surface area contributed by atoms with E-state index in [9.17, 15) is 14.3 Å². The molecule has 5 nitrogen and oxygen atoms in total. The van der Waals surface area contributed by atoms with Crippen molar-refractivity contribution in [2.45, 2.75) is 19.3 Å². The van der Waals surface area contributed by atoms with E-state index in [0.29, 0.717) is 37.6 Å². The smallest absolute Gasteiger partial charge is 0.303 e. The van der Waals surface area contributed by atoms with Gasteiger partial charge in [0.2, 0.25) is 0 Å². The Bertz CT molecular complexity index is 1130. The quantitative estimate of drug-likeness (QED) is 0.479. The molecule has 0 saturated heterocycles. The van der Waals surface area contributed by atoms with Gasteiger partial charge < -0.3 is 19.7 Å². The number of halogens is 1. The molecule has 0 aliphatic carbocycles. The summed E-state index contributed by atoms with van der Waals surface area (Å²) in [7, 11) is 0. The molecule has 1 heterocycles. The van der Waals surface area contributed by atoms with Gasteiger partial charge in [0, 0.05) is 24.5 Å². The fraction of sp³-hybridized carbons (Fsp3) is 0.192. The Hall–Kier alpha value is -3.80. The number of phenols is 1. The van der Waals surface area contributed by atoms with Crippen molar-refractivity contribution in [1.29, 1.82) is 0 Å². The van der Waals surface area contributed by atoms with Crippen LogP contribution >= 0.6 is 0 Å². The Labute approximate surface area is 185 Å². The lowest BCUT2D eigenvalue weighted by atomic mass is 9.88. The maximum atomic E-state index is 13.9. The molecule has 0 bridgehead atoms. The van der Waals surface area contributed by atoms with Gasteiger partial charge in [-0.3, -0.25) is 4.79 Å². The zero-order valence-electron chi connectivity index (χ0n) is 17.4. The summed E-state index contributed by atoms with van der Waals surface area (Å²) in [4.78, 5) is 10.6. The van der Waals surface area contributed by atoms with Gasteiger partial charge in [-0.2, -0.15) is 0 Å². The third-order valence-corrected chi connectivity index (χ3v) is 5.29. The molecule has 3 aromatic carbocycles. The van der Waals surface area contributed by atoms with Gasteiger partial charge in [0.25, 0.3) is 0 Å². The first-order valence-electron chi connectivity index (χ1n) is 10.4. The Kier molecular flexibility index (Phi) is 6.40. The van der Waals surface area contributed by atoms with Crippen LogP contribution in [0.4, 0.5) is 4.39 Å². The summed E-state index contributed by atoms with van der Waals surface area (Å²) in [5.74, 6) is 0.121. The first kappa shape index (κ1) is 21.4. The molecule has 0 saturated carbocycles. The molecule has 0 atom stereocenters. The second-order valence-electron chi connectivity index (χ2n) is 7.51. The number of carboxylic acid groups (broad SMARTS) is 1. The van der Waals surface area contributed by atoms with Gasteiger partial charge in [0.1, 0.15) is 23.1 Å². The summed E-state index contributed by atoms with van der Waals surface area (Å²) >= 11 is 0. The highest BCUT2D eigenvalue weighted by Crippen LogP contribution is 2.41. The zero-order chi connectivity index (χ0) is 22.5. The lowest BCUT2D eigenvalue weighted by molar-refractivity contribution is -0.137. The van der Waals surface area contributed by atoms with Crippen LogP contribution < -0.4 is 9.47 Å². The Morgan fingerprint density at radius 2 is 1.72 bits per heavy atom. The van der Waals surface area contributed by atoms with Crippen molar-refractivity contribution in [3.8, 4) is 17.2 Å². The minimum absolute atomic E-state index is 0.0638. The van der Waals surface area contributed by atoms with Crippen LogP contribution in [0.3, 0.4) is 0 Å². The Balaban J connectivity index is 1.73. The number of carboxylic acids is 1. The van der Waals surface area contributed by atoms with E-state index in [2.05, 4.69) is 0 Å². The van der Waals surface area contributed by atoms with Crippen molar-refractivity contribution in [3.05, 3.63) is 89.2 Å². The van der Waals surface area contributed by atoms with Crippen molar-refractivity contribution in [2.75, 3.05) is 13.2 Å². The third kappa shape index (κ3) is 4.91. The highest BCUT2D eigenvalue weighted by atomic mass is 19.1. The van der Waals surface area contributed by atoms with Crippen LogP contribution in [0.5, 0.6) is 17.2 Å². The maximum Gasteiger partial charge on any atom is 0.303 e. The molecule has 6 heteroatoms. The highest BCUT2D eigenvalue weighted by Gasteiger charge is 2.21. The molecule has 32 heavy (non-hydrogen) atoms. The molecule has 0 spiro atoms. The number of ether oxygens (including phenoxy) is 2. The van der Waals surface area contributed by atoms with Gasteiger partial charge >= 0.3 is 5.97 Å². The lowest BCUT2D eigenvalue weighted by Gasteiger charge is -2.16. The fourth-order valence-corrected chi connectivity index (χ4v) is 3.79. The van der Waals surface area contributed by atoms with Gasteiger partial charge in [-0.15, -0.1) is 0 Å². The van der Waals surface area contributed by atoms with E-state index in [1.165, 1.54) is 12.1 Å². The number of aromatic hydroxyl groups is 1. The van der Waals surface area contributed by atoms with Gasteiger partial charge in [0.15, 0.2) is 0 Å². The van der Waals surface area contributed by atoms with Crippen molar-refractivity contribution in [1.82, 2.24) is 0 Å². The second kappa shape index (κ2) is 9.56. The van der Waals surface area contributed by atoms with Gasteiger partial charge in [-0.25, -0.2) is 4.39 Å². The summed E-state index contributed by atoms with van der Waals surface area (Å²) in [6.45, 7) is 0.726. The molecule has 0 fully saturated rings. The first-order valence-corrected chi connectivity index (χ1v) is 10.4. The van der Waals surface area contributed by atoms with E-state index in [0.717, 1.165) is 27.8 Å². The largest absolute Gasteiger partial charge is 0.508 e.